The van der Waals surface area contributed by atoms with Crippen molar-refractivity contribution in [2.24, 2.45) is 0 Å². The molecule has 1 saturated carbocycles. The van der Waals surface area contributed by atoms with Crippen molar-refractivity contribution in [2.45, 2.75) is 24.7 Å². The third-order valence-electron chi connectivity index (χ3n) is 4.01. The first-order valence-electron chi connectivity index (χ1n) is 7.20. The highest BCUT2D eigenvalue weighted by Gasteiger charge is 2.51. The van der Waals surface area contributed by atoms with Crippen molar-refractivity contribution in [3.63, 3.8) is 0 Å². The van der Waals surface area contributed by atoms with Gasteiger partial charge in [0.2, 0.25) is 5.91 Å². The van der Waals surface area contributed by atoms with E-state index < -0.39 is 0 Å². The number of nitrogens with one attached hydrogen (secondary N) is 1. The fourth-order valence-corrected chi connectivity index (χ4v) is 3.56. The van der Waals surface area contributed by atoms with E-state index in [2.05, 4.69) is 17.4 Å². The Bertz CT molecular complexity index is 617. The number of ether oxygens (including phenoxy) is 1. The molecule has 4 heteroatoms. The van der Waals surface area contributed by atoms with Gasteiger partial charge in [0, 0.05) is 11.4 Å². The van der Waals surface area contributed by atoms with Crippen LogP contribution in [0.15, 0.2) is 41.8 Å². The molecule has 0 aliphatic heterocycles. The Morgan fingerprint density at radius 1 is 1.33 bits per heavy atom. The molecular weight excluding hydrogens is 282 g/mol. The zero-order valence-electron chi connectivity index (χ0n) is 12.1. The third kappa shape index (κ3) is 2.95. The van der Waals surface area contributed by atoms with Gasteiger partial charge in [0.1, 0.15) is 5.75 Å². The molecule has 1 aromatic heterocycles. The molecule has 1 heterocycles. The predicted octanol–water partition coefficient (Wildman–Crippen LogP) is 3.15. The Kier molecular flexibility index (Phi) is 3.97. The van der Waals surface area contributed by atoms with Crippen molar-refractivity contribution >= 4 is 17.2 Å². The molecule has 1 fully saturated rings. The van der Waals surface area contributed by atoms with Crippen LogP contribution in [0.3, 0.4) is 0 Å². The van der Waals surface area contributed by atoms with Crippen molar-refractivity contribution in [2.75, 3.05) is 13.7 Å². The highest BCUT2D eigenvalue weighted by atomic mass is 32.1. The maximum absolute atomic E-state index is 12.4. The largest absolute Gasteiger partial charge is 0.497 e. The number of thiophene rings is 1. The molecule has 3 nitrogen and oxygen atoms in total. The SMILES string of the molecule is COc1cccc(CCNC(=O)C2(c3cccs3)CC2)c1. The molecule has 1 aliphatic carbocycles. The second kappa shape index (κ2) is 5.90. The summed E-state index contributed by atoms with van der Waals surface area (Å²) in [6.45, 7) is 0.666. The lowest BCUT2D eigenvalue weighted by Crippen LogP contribution is -2.35. The first-order valence-corrected chi connectivity index (χ1v) is 8.08. The summed E-state index contributed by atoms with van der Waals surface area (Å²) in [5, 5.41) is 5.13. The van der Waals surface area contributed by atoms with Gasteiger partial charge in [-0.1, -0.05) is 18.2 Å². The molecule has 0 bridgehead atoms. The van der Waals surface area contributed by atoms with Crippen LogP contribution in [0.5, 0.6) is 5.75 Å². The zero-order valence-corrected chi connectivity index (χ0v) is 12.9. The van der Waals surface area contributed by atoms with Crippen LogP contribution in [0.1, 0.15) is 23.3 Å². The molecule has 0 radical (unpaired) electrons. The lowest BCUT2D eigenvalue weighted by molar-refractivity contribution is -0.123. The maximum atomic E-state index is 12.4. The van der Waals surface area contributed by atoms with E-state index in [0.717, 1.165) is 25.0 Å². The summed E-state index contributed by atoms with van der Waals surface area (Å²) >= 11 is 1.68. The summed E-state index contributed by atoms with van der Waals surface area (Å²) < 4.78 is 5.21. The van der Waals surface area contributed by atoms with E-state index in [1.807, 2.05) is 29.6 Å². The van der Waals surface area contributed by atoms with Gasteiger partial charge in [-0.3, -0.25) is 4.79 Å². The normalized spacial score (nSPS) is 15.5. The number of hydrogen-bond donors (Lipinski definition) is 1. The zero-order chi connectivity index (χ0) is 14.7. The van der Waals surface area contributed by atoms with Gasteiger partial charge < -0.3 is 10.1 Å². The van der Waals surface area contributed by atoms with Gasteiger partial charge in [0.25, 0.3) is 0 Å². The number of carbonyl (C=O) groups excluding carboxylic acids is 1. The highest BCUT2D eigenvalue weighted by Crippen LogP contribution is 2.50. The number of amides is 1. The topological polar surface area (TPSA) is 38.3 Å². The van der Waals surface area contributed by atoms with Crippen LogP contribution in [0.4, 0.5) is 0 Å². The second-order valence-corrected chi connectivity index (χ2v) is 6.36. The van der Waals surface area contributed by atoms with E-state index >= 15 is 0 Å². The molecule has 21 heavy (non-hydrogen) atoms. The molecule has 0 spiro atoms. The second-order valence-electron chi connectivity index (χ2n) is 5.42. The summed E-state index contributed by atoms with van der Waals surface area (Å²) in [6, 6.07) is 12.1. The van der Waals surface area contributed by atoms with Crippen LogP contribution in [0.25, 0.3) is 0 Å². The molecule has 2 aromatic rings. The van der Waals surface area contributed by atoms with E-state index in [1.165, 1.54) is 10.4 Å². The predicted molar refractivity (Wildman–Crippen MR) is 84.9 cm³/mol. The summed E-state index contributed by atoms with van der Waals surface area (Å²) in [4.78, 5) is 13.6. The van der Waals surface area contributed by atoms with Crippen LogP contribution < -0.4 is 10.1 Å². The fourth-order valence-electron chi connectivity index (χ4n) is 2.58. The van der Waals surface area contributed by atoms with Crippen molar-refractivity contribution < 1.29 is 9.53 Å². The van der Waals surface area contributed by atoms with Gasteiger partial charge in [-0.15, -0.1) is 11.3 Å². The lowest BCUT2D eigenvalue weighted by atomic mass is 10.0. The summed E-state index contributed by atoms with van der Waals surface area (Å²) in [7, 11) is 1.67. The molecule has 1 amide bonds. The smallest absolute Gasteiger partial charge is 0.231 e. The van der Waals surface area contributed by atoms with Crippen molar-refractivity contribution in [1.82, 2.24) is 5.32 Å². The number of benzene rings is 1. The third-order valence-corrected chi connectivity index (χ3v) is 5.08. The summed E-state index contributed by atoms with van der Waals surface area (Å²) in [6.07, 6.45) is 2.76. The molecule has 0 atom stereocenters. The molecular formula is C17H19NO2S. The Morgan fingerprint density at radius 2 is 2.19 bits per heavy atom. The van der Waals surface area contributed by atoms with Crippen molar-refractivity contribution in [3.8, 4) is 5.75 Å². The van der Waals surface area contributed by atoms with E-state index in [-0.39, 0.29) is 11.3 Å². The van der Waals surface area contributed by atoms with Crippen LogP contribution in [-0.2, 0) is 16.6 Å². The Morgan fingerprint density at radius 3 is 2.86 bits per heavy atom. The van der Waals surface area contributed by atoms with Crippen molar-refractivity contribution in [3.05, 3.63) is 52.2 Å². The molecule has 1 aliphatic rings. The average molecular weight is 301 g/mol. The van der Waals surface area contributed by atoms with Gasteiger partial charge in [-0.05, 0) is 48.4 Å². The molecule has 0 saturated heterocycles. The molecule has 1 N–H and O–H groups in total. The van der Waals surface area contributed by atoms with Crippen molar-refractivity contribution in [1.29, 1.82) is 0 Å². The average Bonchev–Trinajstić information content (AvgIpc) is 3.14. The first-order chi connectivity index (χ1) is 10.2. The van der Waals surface area contributed by atoms with E-state index in [0.29, 0.717) is 6.54 Å². The Balaban J connectivity index is 1.55. The van der Waals surface area contributed by atoms with E-state index in [4.69, 9.17) is 4.74 Å². The number of methoxy groups -OCH3 is 1. The number of rotatable bonds is 6. The molecule has 0 unspecified atom stereocenters. The van der Waals surface area contributed by atoms with Gasteiger partial charge in [0.05, 0.1) is 12.5 Å². The van der Waals surface area contributed by atoms with Gasteiger partial charge in [0.15, 0.2) is 0 Å². The van der Waals surface area contributed by atoms with Crippen LogP contribution in [-0.4, -0.2) is 19.6 Å². The fraction of sp³-hybridized carbons (Fsp3) is 0.353. The minimum absolute atomic E-state index is 0.174. The molecule has 110 valence electrons. The minimum atomic E-state index is -0.234. The Hall–Kier alpha value is -1.81. The first kappa shape index (κ1) is 14.1. The van der Waals surface area contributed by atoms with Crippen LogP contribution in [0, 0.1) is 0 Å². The van der Waals surface area contributed by atoms with Crippen LogP contribution >= 0.6 is 11.3 Å². The monoisotopic (exact) mass is 301 g/mol. The Labute approximate surface area is 129 Å². The van der Waals surface area contributed by atoms with E-state index in [1.54, 1.807) is 18.4 Å². The summed E-state index contributed by atoms with van der Waals surface area (Å²) in [5.41, 5.74) is 0.943. The molecule has 1 aromatic carbocycles. The van der Waals surface area contributed by atoms with E-state index in [9.17, 15) is 4.79 Å². The quantitative estimate of drug-likeness (QED) is 0.890. The number of hydrogen-bond acceptors (Lipinski definition) is 3. The van der Waals surface area contributed by atoms with Gasteiger partial charge >= 0.3 is 0 Å². The van der Waals surface area contributed by atoms with Gasteiger partial charge in [-0.25, -0.2) is 0 Å². The van der Waals surface area contributed by atoms with Gasteiger partial charge in [-0.2, -0.15) is 0 Å². The molecule has 3 rings (SSSR count). The van der Waals surface area contributed by atoms with Crippen LogP contribution in [0.2, 0.25) is 0 Å². The standard InChI is InChI=1S/C17H19NO2S/c1-20-14-5-2-4-13(12-14)7-10-18-16(19)17(8-9-17)15-6-3-11-21-15/h2-6,11-12H,7-10H2,1H3,(H,18,19). The number of carbonyl (C=O) groups is 1. The maximum Gasteiger partial charge on any atom is 0.231 e. The highest BCUT2D eigenvalue weighted by molar-refractivity contribution is 7.10. The minimum Gasteiger partial charge on any atom is -0.497 e. The lowest BCUT2D eigenvalue weighted by Gasteiger charge is -2.13. The summed E-state index contributed by atoms with van der Waals surface area (Å²) in [5.74, 6) is 1.03.